The van der Waals surface area contributed by atoms with Gasteiger partial charge in [0.05, 0.1) is 16.2 Å². The van der Waals surface area contributed by atoms with Crippen LogP contribution >= 0.6 is 15.9 Å². The predicted molar refractivity (Wildman–Crippen MR) is 79.4 cm³/mol. The van der Waals surface area contributed by atoms with Gasteiger partial charge >= 0.3 is 0 Å². The smallest absolute Gasteiger partial charge is 0.240 e. The van der Waals surface area contributed by atoms with E-state index in [2.05, 4.69) is 45.0 Å². The lowest BCUT2D eigenvalue weighted by Gasteiger charge is -2.20. The first kappa shape index (κ1) is 15.0. The molecule has 0 bridgehead atoms. The Morgan fingerprint density at radius 1 is 1.39 bits per heavy atom. The lowest BCUT2D eigenvalue weighted by atomic mass is 10.2. The molecule has 18 heavy (non-hydrogen) atoms. The molecule has 0 atom stereocenters. The van der Waals surface area contributed by atoms with Crippen LogP contribution < -0.4 is 10.2 Å². The van der Waals surface area contributed by atoms with Crippen molar-refractivity contribution < 1.29 is 4.79 Å². The van der Waals surface area contributed by atoms with Crippen molar-refractivity contribution in [3.8, 4) is 0 Å². The monoisotopic (exact) mass is 313 g/mol. The SMILES string of the molecule is CCN(CC)c1ccc(NC(=O)C(C)(C)Br)cn1. The molecule has 0 radical (unpaired) electrons. The van der Waals surface area contributed by atoms with Crippen molar-refractivity contribution in [2.45, 2.75) is 32.0 Å². The van der Waals surface area contributed by atoms with Crippen LogP contribution in [0.25, 0.3) is 0 Å². The fourth-order valence-electron chi connectivity index (χ4n) is 1.47. The number of hydrogen-bond acceptors (Lipinski definition) is 3. The second-order valence-electron chi connectivity index (χ2n) is 4.50. The first-order valence-corrected chi connectivity index (χ1v) is 6.89. The predicted octanol–water partition coefficient (Wildman–Crippen LogP) is 3.04. The third-order valence-electron chi connectivity index (χ3n) is 2.63. The summed E-state index contributed by atoms with van der Waals surface area (Å²) < 4.78 is -0.579. The van der Waals surface area contributed by atoms with Gasteiger partial charge in [-0.1, -0.05) is 15.9 Å². The minimum atomic E-state index is -0.579. The molecule has 0 fully saturated rings. The van der Waals surface area contributed by atoms with Gasteiger partial charge < -0.3 is 10.2 Å². The first-order valence-electron chi connectivity index (χ1n) is 6.09. The van der Waals surface area contributed by atoms with Crippen LogP contribution in [0.1, 0.15) is 27.7 Å². The van der Waals surface area contributed by atoms with E-state index in [-0.39, 0.29) is 5.91 Å². The molecule has 1 amide bonds. The van der Waals surface area contributed by atoms with Crippen molar-refractivity contribution in [1.29, 1.82) is 0 Å². The summed E-state index contributed by atoms with van der Waals surface area (Å²) in [5.41, 5.74) is 0.712. The molecule has 5 heteroatoms. The molecule has 1 aromatic rings. The molecule has 100 valence electrons. The molecule has 1 rings (SSSR count). The second kappa shape index (κ2) is 6.18. The Morgan fingerprint density at radius 2 is 2.00 bits per heavy atom. The van der Waals surface area contributed by atoms with Crippen molar-refractivity contribution >= 4 is 33.3 Å². The highest BCUT2D eigenvalue weighted by Gasteiger charge is 2.23. The highest BCUT2D eigenvalue weighted by molar-refractivity contribution is 9.10. The first-order chi connectivity index (χ1) is 8.38. The van der Waals surface area contributed by atoms with E-state index in [4.69, 9.17) is 0 Å². The molecule has 1 aromatic heterocycles. The van der Waals surface area contributed by atoms with E-state index in [0.29, 0.717) is 5.69 Å². The Labute approximate surface area is 117 Å². The third-order valence-corrected chi connectivity index (χ3v) is 2.99. The number of anilines is 2. The van der Waals surface area contributed by atoms with Crippen LogP contribution in [0.5, 0.6) is 0 Å². The molecule has 0 unspecified atom stereocenters. The number of nitrogens with zero attached hydrogens (tertiary/aromatic N) is 2. The third kappa shape index (κ3) is 3.98. The maximum absolute atomic E-state index is 11.8. The number of aromatic nitrogens is 1. The molecule has 4 nitrogen and oxygen atoms in total. The topological polar surface area (TPSA) is 45.2 Å². The van der Waals surface area contributed by atoms with Crippen LogP contribution in [0.4, 0.5) is 11.5 Å². The summed E-state index contributed by atoms with van der Waals surface area (Å²) in [6.07, 6.45) is 1.68. The van der Waals surface area contributed by atoms with Gasteiger partial charge in [0.15, 0.2) is 0 Å². The number of amides is 1. The van der Waals surface area contributed by atoms with Crippen LogP contribution in [0, 0.1) is 0 Å². The quantitative estimate of drug-likeness (QED) is 0.850. The van der Waals surface area contributed by atoms with Crippen LogP contribution in [0.3, 0.4) is 0 Å². The lowest BCUT2D eigenvalue weighted by Crippen LogP contribution is -2.31. The van der Waals surface area contributed by atoms with Crippen molar-refractivity contribution in [2.24, 2.45) is 0 Å². The number of halogens is 1. The fraction of sp³-hybridized carbons (Fsp3) is 0.538. The van der Waals surface area contributed by atoms with Gasteiger partial charge in [0.25, 0.3) is 0 Å². The summed E-state index contributed by atoms with van der Waals surface area (Å²) in [5, 5.41) is 2.82. The van der Waals surface area contributed by atoms with Crippen LogP contribution in [0.15, 0.2) is 18.3 Å². The maximum atomic E-state index is 11.8. The highest BCUT2D eigenvalue weighted by atomic mass is 79.9. The van der Waals surface area contributed by atoms with E-state index in [1.807, 2.05) is 12.1 Å². The molecule has 0 aromatic carbocycles. The summed E-state index contributed by atoms with van der Waals surface area (Å²) in [5.74, 6) is 0.844. The van der Waals surface area contributed by atoms with Gasteiger partial charge in [0.1, 0.15) is 5.82 Å². The zero-order valence-corrected chi connectivity index (χ0v) is 12.9. The number of alkyl halides is 1. The summed E-state index contributed by atoms with van der Waals surface area (Å²) >= 11 is 3.32. The molecule has 0 aliphatic rings. The number of carbonyl (C=O) groups excluding carboxylic acids is 1. The largest absolute Gasteiger partial charge is 0.357 e. The number of hydrogen-bond donors (Lipinski definition) is 1. The van der Waals surface area contributed by atoms with Gasteiger partial charge in [-0.15, -0.1) is 0 Å². The number of rotatable bonds is 5. The number of pyridine rings is 1. The molecular formula is C13H20BrN3O. The van der Waals surface area contributed by atoms with E-state index in [1.165, 1.54) is 0 Å². The highest BCUT2D eigenvalue weighted by Crippen LogP contribution is 2.19. The van der Waals surface area contributed by atoms with E-state index in [0.717, 1.165) is 18.9 Å². The van der Waals surface area contributed by atoms with Gasteiger partial charge in [-0.05, 0) is 39.8 Å². The summed E-state index contributed by atoms with van der Waals surface area (Å²) in [6.45, 7) is 9.63. The minimum Gasteiger partial charge on any atom is -0.357 e. The van der Waals surface area contributed by atoms with Crippen LogP contribution in [-0.2, 0) is 4.79 Å². The summed E-state index contributed by atoms with van der Waals surface area (Å²) in [4.78, 5) is 18.3. The standard InChI is InChI=1S/C13H20BrN3O/c1-5-17(6-2)11-8-7-10(9-15-11)16-12(18)13(3,4)14/h7-9H,5-6H2,1-4H3,(H,16,18). The van der Waals surface area contributed by atoms with Crippen molar-refractivity contribution in [2.75, 3.05) is 23.3 Å². The Kier molecular flexibility index (Phi) is 5.14. The van der Waals surface area contributed by atoms with E-state index in [1.54, 1.807) is 20.0 Å². The average molecular weight is 314 g/mol. The van der Waals surface area contributed by atoms with E-state index < -0.39 is 4.32 Å². The van der Waals surface area contributed by atoms with E-state index >= 15 is 0 Å². The molecule has 0 aliphatic heterocycles. The zero-order valence-electron chi connectivity index (χ0n) is 11.3. The van der Waals surface area contributed by atoms with Crippen molar-refractivity contribution in [3.63, 3.8) is 0 Å². The van der Waals surface area contributed by atoms with Gasteiger partial charge in [-0.25, -0.2) is 4.98 Å². The van der Waals surface area contributed by atoms with Crippen molar-refractivity contribution in [3.05, 3.63) is 18.3 Å². The molecule has 0 spiro atoms. The lowest BCUT2D eigenvalue weighted by molar-refractivity contribution is -0.117. The molecule has 0 saturated carbocycles. The number of nitrogens with one attached hydrogen (secondary N) is 1. The molecule has 1 N–H and O–H groups in total. The minimum absolute atomic E-state index is 0.0834. The zero-order chi connectivity index (χ0) is 13.8. The molecular weight excluding hydrogens is 294 g/mol. The average Bonchev–Trinajstić information content (AvgIpc) is 2.31. The maximum Gasteiger partial charge on any atom is 0.240 e. The molecule has 0 saturated heterocycles. The second-order valence-corrected chi connectivity index (χ2v) is 6.49. The van der Waals surface area contributed by atoms with E-state index in [9.17, 15) is 4.79 Å². The number of carbonyl (C=O) groups is 1. The summed E-state index contributed by atoms with van der Waals surface area (Å²) in [7, 11) is 0. The van der Waals surface area contributed by atoms with Gasteiger partial charge in [-0.2, -0.15) is 0 Å². The van der Waals surface area contributed by atoms with Crippen LogP contribution in [0.2, 0.25) is 0 Å². The Morgan fingerprint density at radius 3 is 2.39 bits per heavy atom. The van der Waals surface area contributed by atoms with Crippen molar-refractivity contribution in [1.82, 2.24) is 4.98 Å². The Hall–Kier alpha value is -1.10. The molecule has 1 heterocycles. The molecule has 0 aliphatic carbocycles. The van der Waals surface area contributed by atoms with Gasteiger partial charge in [-0.3, -0.25) is 4.79 Å². The summed E-state index contributed by atoms with van der Waals surface area (Å²) in [6, 6.07) is 3.79. The Balaban J connectivity index is 2.75. The van der Waals surface area contributed by atoms with Gasteiger partial charge in [0, 0.05) is 13.1 Å². The fourth-order valence-corrected chi connectivity index (χ4v) is 1.57. The normalized spacial score (nSPS) is 11.2. The van der Waals surface area contributed by atoms with Gasteiger partial charge in [0.2, 0.25) is 5.91 Å². The van der Waals surface area contributed by atoms with Crippen LogP contribution in [-0.4, -0.2) is 28.3 Å². The Bertz CT molecular complexity index is 394.